The first-order chi connectivity index (χ1) is 12.3. The molecule has 0 atom stereocenters. The van der Waals surface area contributed by atoms with Crippen LogP contribution in [0.1, 0.15) is 24.8 Å². The Balaban J connectivity index is 1.72. The SMILES string of the molecule is CN=C(NCc1ccc(OC)nc1)N1CCC(OCCCOC)CC1. The molecular weight excluding hydrogens is 320 g/mol. The van der Waals surface area contributed by atoms with Crippen LogP contribution in [0.3, 0.4) is 0 Å². The van der Waals surface area contributed by atoms with Crippen molar-refractivity contribution in [3.05, 3.63) is 23.9 Å². The fourth-order valence-electron chi connectivity index (χ4n) is 2.84. The van der Waals surface area contributed by atoms with Crippen LogP contribution in [0.4, 0.5) is 0 Å². The maximum absolute atomic E-state index is 5.91. The predicted molar refractivity (Wildman–Crippen MR) is 98.0 cm³/mol. The molecule has 7 nitrogen and oxygen atoms in total. The summed E-state index contributed by atoms with van der Waals surface area (Å²) >= 11 is 0. The van der Waals surface area contributed by atoms with Crippen LogP contribution in [0.5, 0.6) is 5.88 Å². The Bertz CT molecular complexity index is 514. The van der Waals surface area contributed by atoms with Crippen LogP contribution < -0.4 is 10.1 Å². The average molecular weight is 350 g/mol. The van der Waals surface area contributed by atoms with E-state index in [1.165, 1.54) is 0 Å². The third-order valence-corrected chi connectivity index (χ3v) is 4.26. The smallest absolute Gasteiger partial charge is 0.212 e. The molecule has 0 aromatic carbocycles. The highest BCUT2D eigenvalue weighted by Crippen LogP contribution is 2.14. The topological polar surface area (TPSA) is 68.2 Å². The lowest BCUT2D eigenvalue weighted by molar-refractivity contribution is 0.00989. The lowest BCUT2D eigenvalue weighted by Gasteiger charge is -2.34. The zero-order valence-electron chi connectivity index (χ0n) is 15.5. The molecule has 140 valence electrons. The van der Waals surface area contributed by atoms with E-state index >= 15 is 0 Å². The Hall–Kier alpha value is -1.86. The molecule has 0 bridgehead atoms. The van der Waals surface area contributed by atoms with Gasteiger partial charge in [0, 0.05) is 59.3 Å². The summed E-state index contributed by atoms with van der Waals surface area (Å²) in [4.78, 5) is 10.9. The summed E-state index contributed by atoms with van der Waals surface area (Å²) in [7, 11) is 5.16. The normalized spacial score (nSPS) is 16.1. The van der Waals surface area contributed by atoms with Crippen LogP contribution in [-0.4, -0.2) is 69.5 Å². The number of likely N-dealkylation sites (tertiary alicyclic amines) is 1. The molecule has 1 saturated heterocycles. The molecule has 1 fully saturated rings. The number of pyridine rings is 1. The molecular formula is C18H30N4O3. The zero-order valence-corrected chi connectivity index (χ0v) is 15.5. The lowest BCUT2D eigenvalue weighted by atomic mass is 10.1. The lowest BCUT2D eigenvalue weighted by Crippen LogP contribution is -2.46. The highest BCUT2D eigenvalue weighted by molar-refractivity contribution is 5.79. The third kappa shape index (κ3) is 6.51. The molecule has 0 saturated carbocycles. The van der Waals surface area contributed by atoms with Crippen LogP contribution >= 0.6 is 0 Å². The fraction of sp³-hybridized carbons (Fsp3) is 0.667. The van der Waals surface area contributed by atoms with Crippen molar-refractivity contribution in [2.75, 3.05) is 47.6 Å². The largest absolute Gasteiger partial charge is 0.481 e. The molecule has 0 unspecified atom stereocenters. The third-order valence-electron chi connectivity index (χ3n) is 4.26. The van der Waals surface area contributed by atoms with Gasteiger partial charge in [-0.1, -0.05) is 6.07 Å². The Morgan fingerprint density at radius 2 is 2.08 bits per heavy atom. The Morgan fingerprint density at radius 3 is 2.68 bits per heavy atom. The van der Waals surface area contributed by atoms with Gasteiger partial charge >= 0.3 is 0 Å². The van der Waals surface area contributed by atoms with Crippen molar-refractivity contribution >= 4 is 5.96 Å². The number of guanidine groups is 1. The van der Waals surface area contributed by atoms with Gasteiger partial charge in [-0.3, -0.25) is 4.99 Å². The molecule has 0 aliphatic carbocycles. The van der Waals surface area contributed by atoms with Gasteiger partial charge in [0.15, 0.2) is 5.96 Å². The van der Waals surface area contributed by atoms with E-state index < -0.39 is 0 Å². The average Bonchev–Trinajstić information content (AvgIpc) is 2.67. The monoisotopic (exact) mass is 350 g/mol. The minimum Gasteiger partial charge on any atom is -0.481 e. The number of hydrogen-bond donors (Lipinski definition) is 1. The first-order valence-electron chi connectivity index (χ1n) is 8.82. The van der Waals surface area contributed by atoms with Crippen LogP contribution in [0.2, 0.25) is 0 Å². The van der Waals surface area contributed by atoms with Gasteiger partial charge in [0.05, 0.1) is 13.2 Å². The van der Waals surface area contributed by atoms with Gasteiger partial charge in [0.25, 0.3) is 0 Å². The summed E-state index contributed by atoms with van der Waals surface area (Å²) in [6.07, 6.45) is 5.17. The summed E-state index contributed by atoms with van der Waals surface area (Å²) in [5.74, 6) is 1.55. The molecule has 1 aliphatic rings. The summed E-state index contributed by atoms with van der Waals surface area (Å²) in [5.41, 5.74) is 1.10. The number of rotatable bonds is 8. The van der Waals surface area contributed by atoms with E-state index in [4.69, 9.17) is 14.2 Å². The Morgan fingerprint density at radius 1 is 1.28 bits per heavy atom. The highest BCUT2D eigenvalue weighted by atomic mass is 16.5. The van der Waals surface area contributed by atoms with Crippen LogP contribution in [0, 0.1) is 0 Å². The van der Waals surface area contributed by atoms with Crippen molar-refractivity contribution in [3.63, 3.8) is 0 Å². The van der Waals surface area contributed by atoms with Crippen LogP contribution in [-0.2, 0) is 16.0 Å². The molecule has 1 aromatic rings. The highest BCUT2D eigenvalue weighted by Gasteiger charge is 2.21. The van der Waals surface area contributed by atoms with Crippen molar-refractivity contribution in [1.29, 1.82) is 0 Å². The van der Waals surface area contributed by atoms with Crippen LogP contribution in [0.15, 0.2) is 23.3 Å². The molecule has 0 amide bonds. The van der Waals surface area contributed by atoms with Gasteiger partial charge in [0.1, 0.15) is 0 Å². The van der Waals surface area contributed by atoms with E-state index in [-0.39, 0.29) is 0 Å². The van der Waals surface area contributed by atoms with E-state index in [2.05, 4.69) is 20.2 Å². The molecule has 0 spiro atoms. The standard InChI is InChI=1S/C18H30N4O3/c1-19-18(21-14-15-5-6-17(24-3)20-13-15)22-9-7-16(8-10-22)25-12-4-11-23-2/h5-6,13,16H,4,7-12,14H2,1-3H3,(H,19,21). The predicted octanol–water partition coefficient (Wildman–Crippen LogP) is 1.68. The number of piperidine rings is 1. The quantitative estimate of drug-likeness (QED) is 0.437. The molecule has 25 heavy (non-hydrogen) atoms. The van der Waals surface area contributed by atoms with Crippen molar-refractivity contribution < 1.29 is 14.2 Å². The summed E-state index contributed by atoms with van der Waals surface area (Å²) in [6, 6.07) is 3.87. The molecule has 0 radical (unpaired) electrons. The van der Waals surface area contributed by atoms with E-state index in [0.717, 1.165) is 57.1 Å². The van der Waals surface area contributed by atoms with E-state index in [1.54, 1.807) is 14.2 Å². The molecule has 1 aromatic heterocycles. The molecule has 1 aliphatic heterocycles. The second-order valence-corrected chi connectivity index (χ2v) is 6.01. The van der Waals surface area contributed by atoms with E-state index in [9.17, 15) is 0 Å². The zero-order chi connectivity index (χ0) is 17.9. The van der Waals surface area contributed by atoms with Gasteiger partial charge < -0.3 is 24.4 Å². The first kappa shape index (κ1) is 19.5. The van der Waals surface area contributed by atoms with Gasteiger partial charge in [-0.25, -0.2) is 4.98 Å². The molecule has 1 N–H and O–H groups in total. The maximum atomic E-state index is 5.91. The second-order valence-electron chi connectivity index (χ2n) is 6.01. The number of aromatic nitrogens is 1. The van der Waals surface area contributed by atoms with E-state index in [1.807, 2.05) is 25.4 Å². The number of hydrogen-bond acceptors (Lipinski definition) is 5. The molecule has 7 heteroatoms. The van der Waals surface area contributed by atoms with Crippen molar-refractivity contribution in [2.24, 2.45) is 4.99 Å². The summed E-state index contributed by atoms with van der Waals surface area (Å²) in [6.45, 7) is 4.13. The first-order valence-corrected chi connectivity index (χ1v) is 8.82. The van der Waals surface area contributed by atoms with Gasteiger partial charge in [-0.2, -0.15) is 0 Å². The minimum absolute atomic E-state index is 0.344. The number of aliphatic imine (C=N–C) groups is 1. The molecule has 2 rings (SSSR count). The van der Waals surface area contributed by atoms with Gasteiger partial charge in [0.2, 0.25) is 5.88 Å². The van der Waals surface area contributed by atoms with Crippen molar-refractivity contribution in [2.45, 2.75) is 31.9 Å². The molecule has 2 heterocycles. The van der Waals surface area contributed by atoms with Crippen molar-refractivity contribution in [1.82, 2.24) is 15.2 Å². The number of nitrogens with zero attached hydrogens (tertiary/aromatic N) is 3. The number of methoxy groups -OCH3 is 2. The Kier molecular flexibility index (Phi) is 8.48. The van der Waals surface area contributed by atoms with Crippen molar-refractivity contribution in [3.8, 4) is 5.88 Å². The number of ether oxygens (including phenoxy) is 3. The fourth-order valence-corrected chi connectivity index (χ4v) is 2.84. The number of nitrogens with one attached hydrogen (secondary N) is 1. The maximum Gasteiger partial charge on any atom is 0.212 e. The van der Waals surface area contributed by atoms with Gasteiger partial charge in [-0.15, -0.1) is 0 Å². The Labute approximate surface area is 150 Å². The van der Waals surface area contributed by atoms with E-state index in [0.29, 0.717) is 18.5 Å². The van der Waals surface area contributed by atoms with Crippen LogP contribution in [0.25, 0.3) is 0 Å². The minimum atomic E-state index is 0.344. The second kappa shape index (κ2) is 10.9. The summed E-state index contributed by atoms with van der Waals surface area (Å²) < 4.78 is 16.0. The summed E-state index contributed by atoms with van der Waals surface area (Å²) in [5, 5.41) is 3.41. The van der Waals surface area contributed by atoms with Gasteiger partial charge in [-0.05, 0) is 24.8 Å².